The van der Waals surface area contributed by atoms with Gasteiger partial charge in [0.05, 0.1) is 11.8 Å². The van der Waals surface area contributed by atoms with E-state index in [1.54, 1.807) is 0 Å². The molecule has 0 amide bonds. The van der Waals surface area contributed by atoms with Crippen molar-refractivity contribution in [3.63, 3.8) is 0 Å². The van der Waals surface area contributed by atoms with Crippen LogP contribution >= 0.6 is 0 Å². The molecular weight excluding hydrogens is 388 g/mol. The Morgan fingerprint density at radius 1 is 0.774 bits per heavy atom. The van der Waals surface area contributed by atoms with E-state index in [0.717, 1.165) is 44.4 Å². The highest BCUT2D eigenvalue weighted by atomic mass is 16.5. The fourth-order valence-electron chi connectivity index (χ4n) is 4.83. The Morgan fingerprint density at radius 2 is 1.26 bits per heavy atom. The molecule has 3 atom stereocenters. The summed E-state index contributed by atoms with van der Waals surface area (Å²) in [7, 11) is 0. The number of unbranched alkanes of at least 4 members (excludes halogenated alkanes) is 9. The summed E-state index contributed by atoms with van der Waals surface area (Å²) in [6.45, 7) is 6.79. The summed E-state index contributed by atoms with van der Waals surface area (Å²) in [5, 5.41) is 9.50. The molecule has 0 aromatic carbocycles. The normalized spacial score (nSPS) is 20.0. The number of carboxylic acid groups (broad SMARTS) is 1. The third-order valence-corrected chi connectivity index (χ3v) is 6.86. The third kappa shape index (κ3) is 13.2. The maximum absolute atomic E-state index is 12.8. The van der Waals surface area contributed by atoms with E-state index in [-0.39, 0.29) is 12.1 Å². The van der Waals surface area contributed by atoms with Gasteiger partial charge < -0.3 is 9.84 Å². The van der Waals surface area contributed by atoms with Crippen LogP contribution in [0.3, 0.4) is 0 Å². The zero-order valence-electron chi connectivity index (χ0n) is 20.7. The molecule has 0 aromatic rings. The van der Waals surface area contributed by atoms with E-state index in [4.69, 9.17) is 4.74 Å². The van der Waals surface area contributed by atoms with Gasteiger partial charge in [-0.05, 0) is 44.4 Å². The predicted octanol–water partition coefficient (Wildman–Crippen LogP) is 7.93. The largest absolute Gasteiger partial charge is 0.481 e. The minimum absolute atomic E-state index is 0.0357. The SMILES string of the molecule is CCCCCCCC(CCCCCCCCC(C)C)OC(=O)C1CCCCC1C(=O)O. The van der Waals surface area contributed by atoms with Crippen LogP contribution in [-0.2, 0) is 14.3 Å². The number of carbonyl (C=O) groups is 2. The zero-order chi connectivity index (χ0) is 22.9. The lowest BCUT2D eigenvalue weighted by atomic mass is 9.79. The topological polar surface area (TPSA) is 63.6 Å². The summed E-state index contributed by atoms with van der Waals surface area (Å²) in [4.78, 5) is 24.4. The Hall–Kier alpha value is -1.06. The number of esters is 1. The van der Waals surface area contributed by atoms with E-state index in [2.05, 4.69) is 20.8 Å². The minimum Gasteiger partial charge on any atom is -0.481 e. The highest BCUT2D eigenvalue weighted by molar-refractivity contribution is 5.81. The van der Waals surface area contributed by atoms with Crippen molar-refractivity contribution in [2.45, 2.75) is 142 Å². The number of carbonyl (C=O) groups excluding carboxylic acids is 1. The molecule has 0 aromatic heterocycles. The van der Waals surface area contributed by atoms with Crippen LogP contribution in [0.5, 0.6) is 0 Å². The van der Waals surface area contributed by atoms with Crippen LogP contribution in [0.15, 0.2) is 0 Å². The molecule has 31 heavy (non-hydrogen) atoms. The van der Waals surface area contributed by atoms with Crippen molar-refractivity contribution >= 4 is 11.9 Å². The first-order valence-corrected chi connectivity index (χ1v) is 13.4. The number of aliphatic carboxylic acids is 1. The smallest absolute Gasteiger partial charge is 0.310 e. The molecule has 1 aliphatic rings. The van der Waals surface area contributed by atoms with E-state index >= 15 is 0 Å². The van der Waals surface area contributed by atoms with Gasteiger partial charge in [0.15, 0.2) is 0 Å². The molecule has 4 heteroatoms. The van der Waals surface area contributed by atoms with Gasteiger partial charge in [0.25, 0.3) is 0 Å². The van der Waals surface area contributed by atoms with Crippen LogP contribution in [0.4, 0.5) is 0 Å². The number of ether oxygens (including phenoxy) is 1. The lowest BCUT2D eigenvalue weighted by Gasteiger charge is -2.29. The summed E-state index contributed by atoms with van der Waals surface area (Å²) >= 11 is 0. The highest BCUT2D eigenvalue weighted by Gasteiger charge is 2.37. The van der Waals surface area contributed by atoms with E-state index in [9.17, 15) is 14.7 Å². The molecule has 1 aliphatic carbocycles. The fraction of sp³-hybridized carbons (Fsp3) is 0.926. The van der Waals surface area contributed by atoms with Crippen LogP contribution in [0.1, 0.15) is 136 Å². The van der Waals surface area contributed by atoms with Gasteiger partial charge in [-0.25, -0.2) is 0 Å². The van der Waals surface area contributed by atoms with Gasteiger partial charge in [-0.2, -0.15) is 0 Å². The maximum atomic E-state index is 12.8. The van der Waals surface area contributed by atoms with Crippen molar-refractivity contribution in [2.24, 2.45) is 17.8 Å². The van der Waals surface area contributed by atoms with Gasteiger partial charge >= 0.3 is 11.9 Å². The highest BCUT2D eigenvalue weighted by Crippen LogP contribution is 2.32. The molecule has 0 heterocycles. The number of rotatable bonds is 18. The van der Waals surface area contributed by atoms with Crippen LogP contribution in [0, 0.1) is 17.8 Å². The summed E-state index contributed by atoms with van der Waals surface area (Å²) in [6.07, 6.45) is 19.8. The Labute approximate surface area is 191 Å². The Balaban J connectivity index is 2.41. The van der Waals surface area contributed by atoms with Gasteiger partial charge in [-0.3, -0.25) is 9.59 Å². The lowest BCUT2D eigenvalue weighted by Crippen LogP contribution is -2.35. The third-order valence-electron chi connectivity index (χ3n) is 6.86. The lowest BCUT2D eigenvalue weighted by molar-refractivity contribution is -0.164. The van der Waals surface area contributed by atoms with Crippen LogP contribution in [0.2, 0.25) is 0 Å². The molecule has 182 valence electrons. The van der Waals surface area contributed by atoms with E-state index in [0.29, 0.717) is 12.8 Å². The summed E-state index contributed by atoms with van der Waals surface area (Å²) in [6, 6.07) is 0. The maximum Gasteiger partial charge on any atom is 0.310 e. The van der Waals surface area contributed by atoms with Crippen molar-refractivity contribution in [2.75, 3.05) is 0 Å². The fourth-order valence-corrected chi connectivity index (χ4v) is 4.83. The minimum atomic E-state index is -0.838. The van der Waals surface area contributed by atoms with Crippen LogP contribution in [-0.4, -0.2) is 23.1 Å². The van der Waals surface area contributed by atoms with Crippen molar-refractivity contribution in [3.8, 4) is 0 Å². The van der Waals surface area contributed by atoms with E-state index < -0.39 is 17.8 Å². The van der Waals surface area contributed by atoms with E-state index in [1.165, 1.54) is 64.2 Å². The number of carboxylic acids is 1. The van der Waals surface area contributed by atoms with Crippen LogP contribution < -0.4 is 0 Å². The zero-order valence-corrected chi connectivity index (χ0v) is 20.7. The van der Waals surface area contributed by atoms with Gasteiger partial charge in [0, 0.05) is 0 Å². The molecule has 1 saturated carbocycles. The molecule has 3 unspecified atom stereocenters. The average molecular weight is 439 g/mol. The predicted molar refractivity (Wildman–Crippen MR) is 128 cm³/mol. The standard InChI is InChI=1S/C27H50O4/c1-4-5-6-9-13-18-23(19-14-11-8-7-10-12-17-22(2)3)31-27(30)25-21-16-15-20-24(25)26(28)29/h22-25H,4-21H2,1-3H3,(H,28,29). The Morgan fingerprint density at radius 3 is 1.77 bits per heavy atom. The molecular formula is C27H50O4. The molecule has 0 bridgehead atoms. The number of hydrogen-bond acceptors (Lipinski definition) is 3. The summed E-state index contributed by atoms with van der Waals surface area (Å²) < 4.78 is 5.95. The Kier molecular flexibility index (Phi) is 15.8. The summed E-state index contributed by atoms with van der Waals surface area (Å²) in [5.41, 5.74) is 0. The second-order valence-electron chi connectivity index (χ2n) is 10.2. The monoisotopic (exact) mass is 438 g/mol. The second-order valence-corrected chi connectivity index (χ2v) is 10.2. The molecule has 0 aliphatic heterocycles. The quantitative estimate of drug-likeness (QED) is 0.174. The summed E-state index contributed by atoms with van der Waals surface area (Å²) in [5.74, 6) is -1.29. The molecule has 4 nitrogen and oxygen atoms in total. The molecule has 1 rings (SSSR count). The first kappa shape index (κ1) is 28.0. The van der Waals surface area contributed by atoms with E-state index in [1.807, 2.05) is 0 Å². The van der Waals surface area contributed by atoms with Gasteiger partial charge in [0.2, 0.25) is 0 Å². The second kappa shape index (κ2) is 17.5. The average Bonchev–Trinajstić information content (AvgIpc) is 2.74. The van der Waals surface area contributed by atoms with Crippen molar-refractivity contribution in [1.82, 2.24) is 0 Å². The Bertz CT molecular complexity index is 474. The van der Waals surface area contributed by atoms with Crippen molar-refractivity contribution in [3.05, 3.63) is 0 Å². The first-order chi connectivity index (χ1) is 15.0. The molecule has 0 radical (unpaired) electrons. The molecule has 0 saturated heterocycles. The van der Waals surface area contributed by atoms with Gasteiger partial charge in [-0.1, -0.05) is 97.8 Å². The number of hydrogen-bond donors (Lipinski definition) is 1. The molecule has 1 N–H and O–H groups in total. The van der Waals surface area contributed by atoms with Crippen molar-refractivity contribution in [1.29, 1.82) is 0 Å². The van der Waals surface area contributed by atoms with Crippen molar-refractivity contribution < 1.29 is 19.4 Å². The van der Waals surface area contributed by atoms with Gasteiger partial charge in [-0.15, -0.1) is 0 Å². The first-order valence-electron chi connectivity index (χ1n) is 13.4. The van der Waals surface area contributed by atoms with Crippen LogP contribution in [0.25, 0.3) is 0 Å². The molecule has 1 fully saturated rings. The van der Waals surface area contributed by atoms with Gasteiger partial charge in [0.1, 0.15) is 6.10 Å². The molecule has 0 spiro atoms.